The van der Waals surface area contributed by atoms with Gasteiger partial charge < -0.3 is 4.98 Å². The first-order valence-electron chi connectivity index (χ1n) is 9.43. The summed E-state index contributed by atoms with van der Waals surface area (Å²) in [6.45, 7) is 1.79. The lowest BCUT2D eigenvalue weighted by molar-refractivity contribution is 0.593. The molecule has 1 aromatic carbocycles. The molecule has 0 amide bonds. The minimum absolute atomic E-state index is 0.0234. The van der Waals surface area contributed by atoms with Crippen molar-refractivity contribution in [2.45, 2.75) is 37.9 Å². The van der Waals surface area contributed by atoms with Gasteiger partial charge in [0.1, 0.15) is 18.0 Å². The standard InChI is InChI=1S/C20H20ClFN4O2S/c1-2-7-29(27,28)10-13-8-14(22)9-15(17(13)21)18-19(16-5-6-23-11-24-16)26-20(25-18)12-3-4-12/h5-6,8-9,11-12H,2-4,7,10H2,1H3,(H,25,26). The number of aromatic amines is 1. The van der Waals surface area contributed by atoms with Gasteiger partial charge in [0, 0.05) is 17.7 Å². The third kappa shape index (κ3) is 4.33. The largest absolute Gasteiger partial charge is 0.340 e. The van der Waals surface area contributed by atoms with Crippen LogP contribution in [0.5, 0.6) is 0 Å². The number of imidazole rings is 1. The van der Waals surface area contributed by atoms with Gasteiger partial charge in [-0.3, -0.25) is 0 Å². The van der Waals surface area contributed by atoms with Crippen LogP contribution in [-0.4, -0.2) is 34.1 Å². The van der Waals surface area contributed by atoms with Gasteiger partial charge in [-0.25, -0.2) is 27.8 Å². The zero-order valence-corrected chi connectivity index (χ0v) is 17.4. The number of hydrogen-bond acceptors (Lipinski definition) is 5. The number of nitrogens with one attached hydrogen (secondary N) is 1. The summed E-state index contributed by atoms with van der Waals surface area (Å²) in [5.74, 6) is 0.286. The lowest BCUT2D eigenvalue weighted by Gasteiger charge is -2.11. The molecule has 0 bridgehead atoms. The molecule has 0 unspecified atom stereocenters. The van der Waals surface area contributed by atoms with Gasteiger partial charge >= 0.3 is 0 Å². The molecule has 9 heteroatoms. The van der Waals surface area contributed by atoms with Crippen LogP contribution in [0.2, 0.25) is 5.02 Å². The second-order valence-corrected chi connectivity index (χ2v) is 9.80. The summed E-state index contributed by atoms with van der Waals surface area (Å²) < 4.78 is 39.0. The van der Waals surface area contributed by atoms with Crippen molar-refractivity contribution in [1.29, 1.82) is 0 Å². The topological polar surface area (TPSA) is 88.6 Å². The van der Waals surface area contributed by atoms with Crippen molar-refractivity contribution in [2.75, 3.05) is 5.75 Å². The Bertz CT molecular complexity index is 1140. The fourth-order valence-electron chi connectivity index (χ4n) is 3.30. The third-order valence-corrected chi connectivity index (χ3v) is 7.01. The molecule has 1 N–H and O–H groups in total. The Balaban J connectivity index is 1.85. The Morgan fingerprint density at radius 1 is 1.31 bits per heavy atom. The average molecular weight is 435 g/mol. The van der Waals surface area contributed by atoms with Crippen LogP contribution < -0.4 is 0 Å². The van der Waals surface area contributed by atoms with Gasteiger partial charge in [-0.2, -0.15) is 0 Å². The van der Waals surface area contributed by atoms with Crippen LogP contribution in [0.15, 0.2) is 30.7 Å². The minimum Gasteiger partial charge on any atom is -0.340 e. The van der Waals surface area contributed by atoms with Crippen LogP contribution in [0.1, 0.15) is 43.5 Å². The number of H-pyrrole nitrogens is 1. The Morgan fingerprint density at radius 3 is 2.76 bits per heavy atom. The van der Waals surface area contributed by atoms with E-state index in [9.17, 15) is 12.8 Å². The van der Waals surface area contributed by atoms with Crippen molar-refractivity contribution in [1.82, 2.24) is 19.9 Å². The lowest BCUT2D eigenvalue weighted by atomic mass is 10.1. The molecule has 6 nitrogen and oxygen atoms in total. The molecule has 1 fully saturated rings. The van der Waals surface area contributed by atoms with Crippen molar-refractivity contribution < 1.29 is 12.8 Å². The van der Waals surface area contributed by atoms with E-state index in [2.05, 4.69) is 19.9 Å². The molecule has 1 aliphatic rings. The smallest absolute Gasteiger partial charge is 0.154 e. The second kappa shape index (κ2) is 7.84. The van der Waals surface area contributed by atoms with Crippen molar-refractivity contribution in [3.05, 3.63) is 53.0 Å². The fraction of sp³-hybridized carbons (Fsp3) is 0.350. The highest BCUT2D eigenvalue weighted by molar-refractivity contribution is 7.90. The van der Waals surface area contributed by atoms with Crippen LogP contribution in [0, 0.1) is 5.82 Å². The molecule has 1 saturated carbocycles. The van der Waals surface area contributed by atoms with E-state index >= 15 is 0 Å². The van der Waals surface area contributed by atoms with E-state index < -0.39 is 15.7 Å². The average Bonchev–Trinajstić information content (AvgIpc) is 3.43. The first kappa shape index (κ1) is 20.0. The summed E-state index contributed by atoms with van der Waals surface area (Å²) in [6, 6.07) is 4.20. The summed E-state index contributed by atoms with van der Waals surface area (Å²) in [7, 11) is -3.38. The van der Waals surface area contributed by atoms with Gasteiger partial charge in [-0.05, 0) is 43.0 Å². The Morgan fingerprint density at radius 2 is 2.10 bits per heavy atom. The molecule has 0 atom stereocenters. The van der Waals surface area contributed by atoms with E-state index in [1.807, 2.05) is 0 Å². The van der Waals surface area contributed by atoms with Gasteiger partial charge in [0.2, 0.25) is 0 Å². The Labute approximate surface area is 173 Å². The number of aromatic nitrogens is 4. The molecule has 3 aromatic rings. The quantitative estimate of drug-likeness (QED) is 0.590. The maximum absolute atomic E-state index is 14.4. The van der Waals surface area contributed by atoms with Crippen LogP contribution in [0.25, 0.3) is 22.6 Å². The van der Waals surface area contributed by atoms with E-state index in [1.165, 1.54) is 18.5 Å². The predicted molar refractivity (Wildman–Crippen MR) is 110 cm³/mol. The van der Waals surface area contributed by atoms with Gasteiger partial charge in [0.05, 0.1) is 33.6 Å². The van der Waals surface area contributed by atoms with Crippen LogP contribution in [0.3, 0.4) is 0 Å². The highest BCUT2D eigenvalue weighted by Crippen LogP contribution is 2.43. The Hall–Kier alpha value is -2.32. The van der Waals surface area contributed by atoms with Crippen LogP contribution in [0.4, 0.5) is 4.39 Å². The van der Waals surface area contributed by atoms with Gasteiger partial charge in [0.25, 0.3) is 0 Å². The van der Waals surface area contributed by atoms with Crippen molar-refractivity contribution in [3.63, 3.8) is 0 Å². The molecule has 0 radical (unpaired) electrons. The molecule has 4 rings (SSSR count). The molecule has 2 aromatic heterocycles. The third-order valence-electron chi connectivity index (χ3n) is 4.78. The first-order valence-corrected chi connectivity index (χ1v) is 11.6. The fourth-order valence-corrected chi connectivity index (χ4v) is 5.12. The molecule has 0 aliphatic heterocycles. The van der Waals surface area contributed by atoms with E-state index in [4.69, 9.17) is 11.6 Å². The Kier molecular flexibility index (Phi) is 5.40. The normalized spacial score (nSPS) is 14.3. The summed E-state index contributed by atoms with van der Waals surface area (Å²) in [5, 5.41) is 0.190. The van der Waals surface area contributed by atoms with E-state index in [-0.39, 0.29) is 22.1 Å². The lowest BCUT2D eigenvalue weighted by Crippen LogP contribution is -2.09. The number of rotatable bonds is 7. The molecule has 0 spiro atoms. The monoisotopic (exact) mass is 434 g/mol. The molecule has 0 saturated heterocycles. The summed E-state index contributed by atoms with van der Waals surface area (Å²) in [6.07, 6.45) is 5.59. The maximum atomic E-state index is 14.4. The number of benzene rings is 1. The number of halogens is 2. The SMILES string of the molecule is CCCS(=O)(=O)Cc1cc(F)cc(-c2nc(C3CC3)[nH]c2-c2ccncn2)c1Cl. The number of nitrogens with zero attached hydrogens (tertiary/aromatic N) is 3. The van der Waals surface area contributed by atoms with E-state index in [0.29, 0.717) is 35.0 Å². The van der Waals surface area contributed by atoms with Crippen molar-refractivity contribution in [2.24, 2.45) is 0 Å². The van der Waals surface area contributed by atoms with Gasteiger partial charge in [-0.1, -0.05) is 18.5 Å². The first-order chi connectivity index (χ1) is 13.9. The molecule has 1 aliphatic carbocycles. The van der Waals surface area contributed by atoms with Gasteiger partial charge in [0.15, 0.2) is 9.84 Å². The van der Waals surface area contributed by atoms with Crippen molar-refractivity contribution in [3.8, 4) is 22.6 Å². The zero-order chi connectivity index (χ0) is 20.6. The minimum atomic E-state index is -3.38. The summed E-state index contributed by atoms with van der Waals surface area (Å²) >= 11 is 6.57. The van der Waals surface area contributed by atoms with Gasteiger partial charge in [-0.15, -0.1) is 0 Å². The number of hydrogen-bond donors (Lipinski definition) is 1. The van der Waals surface area contributed by atoms with E-state index in [1.54, 1.807) is 19.2 Å². The molecule has 29 heavy (non-hydrogen) atoms. The highest BCUT2D eigenvalue weighted by atomic mass is 35.5. The summed E-state index contributed by atoms with van der Waals surface area (Å²) in [5.41, 5.74) is 2.27. The molecule has 2 heterocycles. The maximum Gasteiger partial charge on any atom is 0.154 e. The van der Waals surface area contributed by atoms with Crippen molar-refractivity contribution >= 4 is 21.4 Å². The number of sulfone groups is 1. The molecular formula is C20H20ClFN4O2S. The summed E-state index contributed by atoms with van der Waals surface area (Å²) in [4.78, 5) is 16.2. The van der Waals surface area contributed by atoms with Crippen LogP contribution in [-0.2, 0) is 15.6 Å². The second-order valence-electron chi connectivity index (χ2n) is 7.23. The highest BCUT2D eigenvalue weighted by Gasteiger charge is 2.30. The molecular weight excluding hydrogens is 415 g/mol. The van der Waals surface area contributed by atoms with Crippen LogP contribution >= 0.6 is 11.6 Å². The zero-order valence-electron chi connectivity index (χ0n) is 15.8. The molecule has 152 valence electrons. The predicted octanol–water partition coefficient (Wildman–Crippen LogP) is 4.53. The van der Waals surface area contributed by atoms with E-state index in [0.717, 1.165) is 18.7 Å².